The van der Waals surface area contributed by atoms with Crippen molar-refractivity contribution in [3.8, 4) is 25.3 Å². The van der Waals surface area contributed by atoms with Crippen LogP contribution < -0.4 is 4.74 Å². The van der Waals surface area contributed by atoms with Crippen molar-refractivity contribution in [2.45, 2.75) is 6.61 Å². The molecule has 6 heteroatoms. The summed E-state index contributed by atoms with van der Waals surface area (Å²) in [4.78, 5) is 6.48. The molecule has 25 heavy (non-hydrogen) atoms. The van der Waals surface area contributed by atoms with Gasteiger partial charge in [-0.1, -0.05) is 37.9 Å². The van der Waals surface area contributed by atoms with Gasteiger partial charge >= 0.3 is 0 Å². The van der Waals surface area contributed by atoms with Gasteiger partial charge < -0.3 is 4.74 Å². The lowest BCUT2D eigenvalue weighted by Gasteiger charge is -2.05. The Morgan fingerprint density at radius 1 is 0.760 bits per heavy atom. The van der Waals surface area contributed by atoms with Crippen molar-refractivity contribution in [2.24, 2.45) is 0 Å². The zero-order valence-corrected chi connectivity index (χ0v) is 18.5. The van der Waals surface area contributed by atoms with E-state index in [1.807, 2.05) is 29.5 Å². The van der Waals surface area contributed by atoms with Gasteiger partial charge in [0, 0.05) is 33.3 Å². The second kappa shape index (κ2) is 7.76. The molecule has 0 saturated carbocycles. The molecule has 0 fully saturated rings. The summed E-state index contributed by atoms with van der Waals surface area (Å²) in [5.74, 6) is 0.854. The molecule has 0 saturated heterocycles. The number of hydrogen-bond donors (Lipinski definition) is 0. The second-order valence-corrected chi connectivity index (χ2v) is 10.3. The number of benzene rings is 1. The number of thiophene rings is 3. The fraction of sp³-hybridized carbons (Fsp3) is 0.0526. The standard InChI is InChI=1S/C19H12Br2OS3/c20-12-8-13(21)10-14(9-12)22-11-15-3-4-18(24-15)19-6-5-17(25-19)16-2-1-7-23-16/h1-10H,11H2. The molecule has 0 N–H and O–H groups in total. The van der Waals surface area contributed by atoms with Crippen LogP contribution in [-0.4, -0.2) is 0 Å². The van der Waals surface area contributed by atoms with E-state index in [4.69, 9.17) is 4.74 Å². The van der Waals surface area contributed by atoms with E-state index in [-0.39, 0.29) is 0 Å². The van der Waals surface area contributed by atoms with Crippen LogP contribution in [-0.2, 0) is 6.61 Å². The molecule has 0 aliphatic carbocycles. The van der Waals surface area contributed by atoms with E-state index >= 15 is 0 Å². The fourth-order valence-electron chi connectivity index (χ4n) is 2.38. The molecule has 0 amide bonds. The Bertz CT molecular complexity index is 966. The van der Waals surface area contributed by atoms with E-state index < -0.39 is 0 Å². The summed E-state index contributed by atoms with van der Waals surface area (Å²) in [7, 11) is 0. The van der Waals surface area contributed by atoms with E-state index in [0.29, 0.717) is 6.61 Å². The van der Waals surface area contributed by atoms with E-state index in [1.54, 1.807) is 22.7 Å². The largest absolute Gasteiger partial charge is 0.488 e. The van der Waals surface area contributed by atoms with Crippen LogP contribution in [0.1, 0.15) is 4.88 Å². The van der Waals surface area contributed by atoms with Crippen LogP contribution in [0.4, 0.5) is 0 Å². The van der Waals surface area contributed by atoms with Gasteiger partial charge in [-0.15, -0.1) is 34.0 Å². The molecule has 0 spiro atoms. The predicted molar refractivity (Wildman–Crippen MR) is 117 cm³/mol. The number of ether oxygens (including phenoxy) is 1. The Labute approximate surface area is 175 Å². The minimum absolute atomic E-state index is 0.580. The lowest BCUT2D eigenvalue weighted by Crippen LogP contribution is -1.92. The first kappa shape index (κ1) is 17.5. The first-order chi connectivity index (χ1) is 12.2. The lowest BCUT2D eigenvalue weighted by molar-refractivity contribution is 0.309. The molecular formula is C19H12Br2OS3. The van der Waals surface area contributed by atoms with Crippen LogP contribution in [0.15, 0.2) is 68.9 Å². The van der Waals surface area contributed by atoms with Crippen molar-refractivity contribution >= 4 is 65.9 Å². The number of rotatable bonds is 5. The highest BCUT2D eigenvalue weighted by atomic mass is 79.9. The quantitative estimate of drug-likeness (QED) is 0.261. The summed E-state index contributed by atoms with van der Waals surface area (Å²) < 4.78 is 7.93. The van der Waals surface area contributed by atoms with Crippen molar-refractivity contribution in [2.75, 3.05) is 0 Å². The van der Waals surface area contributed by atoms with E-state index in [1.165, 1.54) is 24.4 Å². The normalized spacial score (nSPS) is 11.0. The predicted octanol–water partition coefficient (Wildman–Crippen LogP) is 8.31. The van der Waals surface area contributed by atoms with Crippen LogP contribution in [0.2, 0.25) is 0 Å². The topological polar surface area (TPSA) is 9.23 Å². The van der Waals surface area contributed by atoms with Crippen LogP contribution in [0.3, 0.4) is 0 Å². The van der Waals surface area contributed by atoms with Gasteiger partial charge in [0.05, 0.1) is 0 Å². The smallest absolute Gasteiger partial charge is 0.122 e. The first-order valence-corrected chi connectivity index (χ1v) is 11.6. The highest BCUT2D eigenvalue weighted by Gasteiger charge is 2.09. The maximum absolute atomic E-state index is 5.92. The summed E-state index contributed by atoms with van der Waals surface area (Å²) in [6, 6.07) is 19.0. The minimum atomic E-state index is 0.580. The van der Waals surface area contributed by atoms with Gasteiger partial charge in [-0.3, -0.25) is 0 Å². The Morgan fingerprint density at radius 2 is 1.44 bits per heavy atom. The summed E-state index contributed by atoms with van der Waals surface area (Å²) >= 11 is 12.4. The SMILES string of the molecule is Brc1cc(Br)cc(OCc2ccc(-c3ccc(-c4cccs4)s3)s2)c1. The molecule has 0 aliphatic rings. The van der Waals surface area contributed by atoms with Gasteiger partial charge in [0.15, 0.2) is 0 Å². The van der Waals surface area contributed by atoms with Crippen LogP contribution >= 0.6 is 65.9 Å². The van der Waals surface area contributed by atoms with Gasteiger partial charge in [0.25, 0.3) is 0 Å². The molecule has 4 rings (SSSR count). The van der Waals surface area contributed by atoms with E-state index in [0.717, 1.165) is 14.7 Å². The second-order valence-electron chi connectivity index (χ2n) is 5.30. The number of halogens is 2. The third-order valence-electron chi connectivity index (χ3n) is 3.49. The average Bonchev–Trinajstić information content (AvgIpc) is 3.31. The van der Waals surface area contributed by atoms with Crippen molar-refractivity contribution in [1.82, 2.24) is 0 Å². The maximum Gasteiger partial charge on any atom is 0.122 e. The van der Waals surface area contributed by atoms with Crippen LogP contribution in [0.5, 0.6) is 5.75 Å². The van der Waals surface area contributed by atoms with Crippen LogP contribution in [0.25, 0.3) is 19.5 Å². The first-order valence-electron chi connectivity index (χ1n) is 7.49. The highest BCUT2D eigenvalue weighted by Crippen LogP contribution is 2.39. The zero-order chi connectivity index (χ0) is 17.2. The van der Waals surface area contributed by atoms with Crippen molar-refractivity contribution in [3.05, 3.63) is 73.8 Å². The summed E-state index contributed by atoms with van der Waals surface area (Å²) in [5, 5.41) is 2.12. The molecule has 0 bridgehead atoms. The van der Waals surface area contributed by atoms with Gasteiger partial charge in [-0.05, 0) is 53.9 Å². The summed E-state index contributed by atoms with van der Waals surface area (Å²) in [6.45, 7) is 0.580. The minimum Gasteiger partial charge on any atom is -0.488 e. The zero-order valence-electron chi connectivity index (χ0n) is 12.9. The molecule has 3 aromatic heterocycles. The lowest BCUT2D eigenvalue weighted by atomic mass is 10.3. The van der Waals surface area contributed by atoms with E-state index in [2.05, 4.69) is 73.6 Å². The molecule has 0 unspecified atom stereocenters. The molecule has 0 aliphatic heterocycles. The molecule has 0 atom stereocenters. The Kier molecular flexibility index (Phi) is 5.43. The van der Waals surface area contributed by atoms with Gasteiger partial charge in [0.2, 0.25) is 0 Å². The molecule has 126 valence electrons. The fourth-order valence-corrected chi connectivity index (χ4v) is 6.48. The third kappa shape index (κ3) is 4.26. The van der Waals surface area contributed by atoms with Crippen LogP contribution in [0, 0.1) is 0 Å². The van der Waals surface area contributed by atoms with Crippen molar-refractivity contribution in [1.29, 1.82) is 0 Å². The van der Waals surface area contributed by atoms with Crippen molar-refractivity contribution < 1.29 is 4.74 Å². The van der Waals surface area contributed by atoms with Crippen molar-refractivity contribution in [3.63, 3.8) is 0 Å². The average molecular weight is 512 g/mol. The van der Waals surface area contributed by atoms with Gasteiger partial charge in [0.1, 0.15) is 12.4 Å². The summed E-state index contributed by atoms with van der Waals surface area (Å²) in [6.07, 6.45) is 0. The summed E-state index contributed by atoms with van der Waals surface area (Å²) in [5.41, 5.74) is 0. The molecule has 1 aromatic carbocycles. The van der Waals surface area contributed by atoms with Gasteiger partial charge in [-0.25, -0.2) is 0 Å². The molecule has 3 heterocycles. The maximum atomic E-state index is 5.92. The van der Waals surface area contributed by atoms with E-state index in [9.17, 15) is 0 Å². The highest BCUT2D eigenvalue weighted by molar-refractivity contribution is 9.11. The molecule has 0 radical (unpaired) electrons. The Morgan fingerprint density at radius 3 is 2.16 bits per heavy atom. The molecule has 4 aromatic rings. The molecular weight excluding hydrogens is 500 g/mol. The molecule has 1 nitrogen and oxygen atoms in total. The third-order valence-corrected chi connectivity index (χ3v) is 7.81. The Balaban J connectivity index is 1.47. The Hall–Kier alpha value is -0.920. The number of hydrogen-bond acceptors (Lipinski definition) is 4. The van der Waals surface area contributed by atoms with Gasteiger partial charge in [-0.2, -0.15) is 0 Å². The monoisotopic (exact) mass is 510 g/mol.